The molecule has 1 rings (SSSR count). The number of hydrogen-bond donors (Lipinski definition) is 3. The summed E-state index contributed by atoms with van der Waals surface area (Å²) in [4.78, 5) is 14.2. The number of amidine groups is 1. The minimum atomic E-state index is -1.27. The van der Waals surface area contributed by atoms with Gasteiger partial charge in [-0.2, -0.15) is 0 Å². The molecule has 0 saturated carbocycles. The molecule has 0 radical (unpaired) electrons. The van der Waals surface area contributed by atoms with Crippen molar-refractivity contribution in [1.29, 1.82) is 5.41 Å². The van der Waals surface area contributed by atoms with Gasteiger partial charge in [-0.05, 0) is 34.5 Å². The van der Waals surface area contributed by atoms with Crippen LogP contribution in [0, 0.1) is 12.3 Å². The Labute approximate surface area is 101 Å². The number of rotatable bonds is 1. The first kappa shape index (κ1) is 13.9. The summed E-state index contributed by atoms with van der Waals surface area (Å²) in [5.74, 6) is -0.238. The molecule has 1 heterocycles. The smallest absolute Gasteiger partial charge is 0.410 e. The van der Waals surface area contributed by atoms with Gasteiger partial charge in [-0.1, -0.05) is 6.07 Å². The van der Waals surface area contributed by atoms with Crippen molar-refractivity contribution in [1.82, 2.24) is 10.3 Å². The molecular formula is C8H9BrClN3O2. The maximum absolute atomic E-state index is 10.2. The van der Waals surface area contributed by atoms with Crippen molar-refractivity contribution in [3.63, 3.8) is 0 Å². The fourth-order valence-corrected chi connectivity index (χ4v) is 1.14. The Morgan fingerprint density at radius 1 is 1.60 bits per heavy atom. The number of pyridine rings is 1. The summed E-state index contributed by atoms with van der Waals surface area (Å²) in [6.07, 6.45) is -1.27. The van der Waals surface area contributed by atoms with E-state index in [1.165, 1.54) is 0 Å². The SMILES string of the molecule is Cc1ccc(C(=N)NC(=O)O)nc1Br.Cl. The molecule has 1 amide bonds. The van der Waals surface area contributed by atoms with Gasteiger partial charge in [0.05, 0.1) is 0 Å². The number of nitrogens with zero attached hydrogens (tertiary/aromatic N) is 1. The summed E-state index contributed by atoms with van der Waals surface area (Å²) >= 11 is 3.20. The van der Waals surface area contributed by atoms with E-state index in [1.807, 2.05) is 12.2 Å². The molecule has 1 aromatic heterocycles. The standard InChI is InChI=1S/C8H8BrN3O2.ClH/c1-4-2-3-5(11-6(4)9)7(10)12-8(13)14;/h2-3H,1H3,(H2,10,12)(H,13,14);1H. The highest BCUT2D eigenvalue weighted by molar-refractivity contribution is 9.10. The van der Waals surface area contributed by atoms with Gasteiger partial charge >= 0.3 is 6.09 Å². The number of nitrogens with one attached hydrogen (secondary N) is 2. The van der Waals surface area contributed by atoms with E-state index >= 15 is 0 Å². The molecule has 82 valence electrons. The Morgan fingerprint density at radius 2 is 2.20 bits per heavy atom. The van der Waals surface area contributed by atoms with Crippen molar-refractivity contribution >= 4 is 40.3 Å². The number of aromatic nitrogens is 1. The monoisotopic (exact) mass is 293 g/mol. The Hall–Kier alpha value is -1.14. The highest BCUT2D eigenvalue weighted by Gasteiger charge is 2.07. The number of halogens is 2. The molecule has 0 saturated heterocycles. The summed E-state index contributed by atoms with van der Waals surface area (Å²) in [5, 5.41) is 17.7. The third kappa shape index (κ3) is 3.85. The van der Waals surface area contributed by atoms with E-state index in [0.29, 0.717) is 4.60 Å². The minimum absolute atomic E-state index is 0. The molecule has 0 aliphatic heterocycles. The van der Waals surface area contributed by atoms with E-state index in [0.717, 1.165) is 5.56 Å². The summed E-state index contributed by atoms with van der Waals surface area (Å²) < 4.78 is 0.604. The van der Waals surface area contributed by atoms with Crippen molar-refractivity contribution in [2.45, 2.75) is 6.92 Å². The zero-order valence-corrected chi connectivity index (χ0v) is 10.1. The molecule has 3 N–H and O–H groups in total. The number of carboxylic acid groups (broad SMARTS) is 1. The van der Waals surface area contributed by atoms with Crippen LogP contribution in [0.2, 0.25) is 0 Å². The topological polar surface area (TPSA) is 86.1 Å². The van der Waals surface area contributed by atoms with E-state index < -0.39 is 6.09 Å². The van der Waals surface area contributed by atoms with E-state index in [9.17, 15) is 4.79 Å². The fourth-order valence-electron chi connectivity index (χ4n) is 0.814. The molecule has 1 aromatic rings. The van der Waals surface area contributed by atoms with E-state index in [4.69, 9.17) is 10.5 Å². The number of carbonyl (C=O) groups is 1. The van der Waals surface area contributed by atoms with Crippen molar-refractivity contribution in [3.05, 3.63) is 28.0 Å². The van der Waals surface area contributed by atoms with Crippen LogP contribution in [0.15, 0.2) is 16.7 Å². The molecule has 5 nitrogen and oxygen atoms in total. The van der Waals surface area contributed by atoms with Gasteiger partial charge < -0.3 is 5.11 Å². The summed E-state index contributed by atoms with van der Waals surface area (Å²) in [6, 6.07) is 3.34. The van der Waals surface area contributed by atoms with Gasteiger partial charge in [0.2, 0.25) is 0 Å². The van der Waals surface area contributed by atoms with Crippen molar-refractivity contribution in [2.24, 2.45) is 0 Å². The van der Waals surface area contributed by atoms with Crippen LogP contribution < -0.4 is 5.32 Å². The second kappa shape index (κ2) is 5.67. The van der Waals surface area contributed by atoms with E-state index in [-0.39, 0.29) is 23.9 Å². The Kier molecular flexibility index (Phi) is 5.24. The first-order valence-corrected chi connectivity index (χ1v) is 4.52. The molecular weight excluding hydrogens is 285 g/mol. The average Bonchev–Trinajstić information content (AvgIpc) is 2.08. The molecule has 15 heavy (non-hydrogen) atoms. The molecule has 7 heteroatoms. The van der Waals surface area contributed by atoms with Crippen LogP contribution in [-0.2, 0) is 0 Å². The molecule has 0 aromatic carbocycles. The highest BCUT2D eigenvalue weighted by atomic mass is 79.9. The van der Waals surface area contributed by atoms with Crippen molar-refractivity contribution in [2.75, 3.05) is 0 Å². The first-order chi connectivity index (χ1) is 6.50. The third-order valence-electron chi connectivity index (χ3n) is 1.52. The van der Waals surface area contributed by atoms with E-state index in [2.05, 4.69) is 20.9 Å². The predicted molar refractivity (Wildman–Crippen MR) is 61.9 cm³/mol. The van der Waals surface area contributed by atoms with Gasteiger partial charge in [0.1, 0.15) is 10.3 Å². The van der Waals surface area contributed by atoms with Crippen molar-refractivity contribution in [3.8, 4) is 0 Å². The molecule has 0 unspecified atom stereocenters. The van der Waals surface area contributed by atoms with E-state index in [1.54, 1.807) is 12.1 Å². The molecule has 0 spiro atoms. The zero-order chi connectivity index (χ0) is 10.7. The van der Waals surface area contributed by atoms with Crippen molar-refractivity contribution < 1.29 is 9.90 Å². The number of aryl methyl sites for hydroxylation is 1. The molecule has 0 bridgehead atoms. The molecule has 0 aliphatic rings. The quantitative estimate of drug-likeness (QED) is 0.421. The lowest BCUT2D eigenvalue weighted by Crippen LogP contribution is -2.29. The Morgan fingerprint density at radius 3 is 2.67 bits per heavy atom. The van der Waals surface area contributed by atoms with Crippen LogP contribution in [0.25, 0.3) is 0 Å². The minimum Gasteiger partial charge on any atom is -0.465 e. The van der Waals surface area contributed by atoms with Crippen LogP contribution in [0.3, 0.4) is 0 Å². The van der Waals surface area contributed by atoms with Gasteiger partial charge in [-0.25, -0.2) is 9.78 Å². The molecule has 0 atom stereocenters. The first-order valence-electron chi connectivity index (χ1n) is 3.72. The fraction of sp³-hybridized carbons (Fsp3) is 0.125. The van der Waals surface area contributed by atoms with Crippen LogP contribution >= 0.6 is 28.3 Å². The van der Waals surface area contributed by atoms with Crippen LogP contribution in [0.1, 0.15) is 11.3 Å². The number of hydrogen-bond acceptors (Lipinski definition) is 3. The van der Waals surface area contributed by atoms with Crippen LogP contribution in [0.4, 0.5) is 4.79 Å². The third-order valence-corrected chi connectivity index (χ3v) is 2.33. The lowest BCUT2D eigenvalue weighted by atomic mass is 10.2. The van der Waals surface area contributed by atoms with Gasteiger partial charge in [0.15, 0.2) is 5.84 Å². The molecule has 0 aliphatic carbocycles. The Bertz CT molecular complexity index is 397. The lowest BCUT2D eigenvalue weighted by Gasteiger charge is -2.04. The van der Waals surface area contributed by atoms with Gasteiger partial charge in [-0.15, -0.1) is 12.4 Å². The molecule has 0 fully saturated rings. The maximum Gasteiger partial charge on any atom is 0.410 e. The second-order valence-electron chi connectivity index (χ2n) is 2.61. The summed E-state index contributed by atoms with van der Waals surface area (Å²) in [5.41, 5.74) is 1.21. The Balaban J connectivity index is 0.00000196. The van der Waals surface area contributed by atoms with Gasteiger partial charge in [-0.3, -0.25) is 10.7 Å². The van der Waals surface area contributed by atoms with Gasteiger partial charge in [0, 0.05) is 0 Å². The average molecular weight is 295 g/mol. The zero-order valence-electron chi connectivity index (χ0n) is 7.74. The second-order valence-corrected chi connectivity index (χ2v) is 3.36. The lowest BCUT2D eigenvalue weighted by molar-refractivity contribution is 0.200. The largest absolute Gasteiger partial charge is 0.465 e. The number of amides is 1. The van der Waals surface area contributed by atoms with Crippen LogP contribution in [-0.4, -0.2) is 22.0 Å². The normalized spacial score (nSPS) is 8.93. The highest BCUT2D eigenvalue weighted by Crippen LogP contribution is 2.12. The van der Waals surface area contributed by atoms with Crippen LogP contribution in [0.5, 0.6) is 0 Å². The summed E-state index contributed by atoms with van der Waals surface area (Å²) in [6.45, 7) is 1.86. The summed E-state index contributed by atoms with van der Waals surface area (Å²) in [7, 11) is 0. The predicted octanol–water partition coefficient (Wildman–Crippen LogP) is 2.17. The maximum atomic E-state index is 10.2. The van der Waals surface area contributed by atoms with Gasteiger partial charge in [0.25, 0.3) is 0 Å².